The van der Waals surface area contributed by atoms with Crippen molar-refractivity contribution in [2.24, 2.45) is 5.92 Å². The smallest absolute Gasteiger partial charge is 0.0595 e. The second kappa shape index (κ2) is 11.0. The fraction of sp³-hybridized carbons (Fsp3) is 1.00. The molecule has 0 bridgehead atoms. The molecule has 1 unspecified atom stereocenters. The van der Waals surface area contributed by atoms with Crippen molar-refractivity contribution in [2.45, 2.75) is 60.5 Å². The van der Waals surface area contributed by atoms with Gasteiger partial charge in [-0.1, -0.05) is 41.5 Å². The van der Waals surface area contributed by atoms with E-state index in [9.17, 15) is 0 Å². The molecule has 0 aromatic heterocycles. The van der Waals surface area contributed by atoms with Crippen LogP contribution in [0.3, 0.4) is 0 Å². The molecule has 0 amide bonds. The average molecular weight is 174 g/mol. The van der Waals surface area contributed by atoms with Crippen molar-refractivity contribution in [3.63, 3.8) is 0 Å². The van der Waals surface area contributed by atoms with E-state index < -0.39 is 0 Å². The Kier molecular flexibility index (Phi) is 13.2. The van der Waals surface area contributed by atoms with Gasteiger partial charge in [0.2, 0.25) is 0 Å². The van der Waals surface area contributed by atoms with Crippen LogP contribution in [0.25, 0.3) is 0 Å². The molecule has 0 aromatic carbocycles. The maximum absolute atomic E-state index is 5.60. The van der Waals surface area contributed by atoms with Gasteiger partial charge in [0.05, 0.1) is 6.10 Å². The van der Waals surface area contributed by atoms with E-state index in [1.807, 2.05) is 13.8 Å². The number of hydrogen-bond donors (Lipinski definition) is 0. The summed E-state index contributed by atoms with van der Waals surface area (Å²) in [5.41, 5.74) is 0. The fourth-order valence-electron chi connectivity index (χ4n) is 1.05. The summed E-state index contributed by atoms with van der Waals surface area (Å²) in [6.45, 7) is 13.7. The lowest BCUT2D eigenvalue weighted by Gasteiger charge is -2.18. The van der Waals surface area contributed by atoms with Gasteiger partial charge in [-0.05, 0) is 18.8 Å². The van der Waals surface area contributed by atoms with Gasteiger partial charge >= 0.3 is 0 Å². The summed E-state index contributed by atoms with van der Waals surface area (Å²) >= 11 is 0. The molecule has 0 rings (SSSR count). The Morgan fingerprint density at radius 1 is 1.08 bits per heavy atom. The van der Waals surface area contributed by atoms with Crippen molar-refractivity contribution in [3.05, 3.63) is 0 Å². The molecule has 0 N–H and O–H groups in total. The minimum atomic E-state index is 0.472. The van der Waals surface area contributed by atoms with Gasteiger partial charge in [0, 0.05) is 6.61 Å². The lowest BCUT2D eigenvalue weighted by atomic mass is 10.1. The average Bonchev–Trinajstić information content (AvgIpc) is 2.09. The molecule has 12 heavy (non-hydrogen) atoms. The van der Waals surface area contributed by atoms with Gasteiger partial charge in [0.25, 0.3) is 0 Å². The first-order valence-corrected chi connectivity index (χ1v) is 5.33. The zero-order chi connectivity index (χ0) is 9.98. The summed E-state index contributed by atoms with van der Waals surface area (Å²) in [6.07, 6.45) is 2.74. The van der Waals surface area contributed by atoms with E-state index in [4.69, 9.17) is 4.74 Å². The summed E-state index contributed by atoms with van der Waals surface area (Å²) in [4.78, 5) is 0. The predicted octanol–water partition coefficient (Wildman–Crippen LogP) is 3.87. The summed E-state index contributed by atoms with van der Waals surface area (Å²) in [5, 5.41) is 0. The standard InChI is InChI=1S/C9H20O.C2H6/c1-5-7-10-9(6-2)8(3)4;1-2/h8-9H,5-7H2,1-4H3;1-2H3. The van der Waals surface area contributed by atoms with E-state index in [-0.39, 0.29) is 0 Å². The first-order chi connectivity index (χ1) is 5.72. The van der Waals surface area contributed by atoms with Crippen LogP contribution in [0.2, 0.25) is 0 Å². The number of hydrogen-bond acceptors (Lipinski definition) is 1. The lowest BCUT2D eigenvalue weighted by molar-refractivity contribution is 0.0205. The first kappa shape index (κ1) is 14.5. The first-order valence-electron chi connectivity index (χ1n) is 5.33. The molecule has 0 fully saturated rings. The monoisotopic (exact) mass is 174 g/mol. The van der Waals surface area contributed by atoms with Gasteiger partial charge in [0.15, 0.2) is 0 Å². The van der Waals surface area contributed by atoms with Crippen LogP contribution in [0.4, 0.5) is 0 Å². The molecule has 0 heterocycles. The van der Waals surface area contributed by atoms with Crippen LogP contribution in [0.5, 0.6) is 0 Å². The van der Waals surface area contributed by atoms with Crippen LogP contribution < -0.4 is 0 Å². The molecule has 0 aliphatic carbocycles. The molecule has 0 aliphatic rings. The van der Waals surface area contributed by atoms with Gasteiger partial charge in [-0.3, -0.25) is 0 Å². The van der Waals surface area contributed by atoms with Crippen LogP contribution >= 0.6 is 0 Å². The summed E-state index contributed by atoms with van der Waals surface area (Å²) in [5.74, 6) is 0.663. The van der Waals surface area contributed by atoms with Crippen molar-refractivity contribution in [2.75, 3.05) is 6.61 Å². The second-order valence-corrected chi connectivity index (χ2v) is 3.06. The molecule has 0 aliphatic heterocycles. The molecule has 0 spiro atoms. The Labute approximate surface area is 78.5 Å². The maximum atomic E-state index is 5.60. The summed E-state index contributed by atoms with van der Waals surface area (Å²) < 4.78 is 5.60. The maximum Gasteiger partial charge on any atom is 0.0595 e. The summed E-state index contributed by atoms with van der Waals surface area (Å²) in [6, 6.07) is 0. The zero-order valence-electron chi connectivity index (χ0n) is 9.68. The Morgan fingerprint density at radius 3 is 1.83 bits per heavy atom. The normalized spacial score (nSPS) is 12.2. The van der Waals surface area contributed by atoms with Gasteiger partial charge in [0.1, 0.15) is 0 Å². The molecular weight excluding hydrogens is 148 g/mol. The largest absolute Gasteiger partial charge is 0.378 e. The third-order valence-corrected chi connectivity index (χ3v) is 1.68. The van der Waals surface area contributed by atoms with Crippen LogP contribution in [-0.4, -0.2) is 12.7 Å². The van der Waals surface area contributed by atoms with Crippen molar-refractivity contribution < 1.29 is 4.74 Å². The molecule has 76 valence electrons. The highest BCUT2D eigenvalue weighted by molar-refractivity contribution is 4.58. The van der Waals surface area contributed by atoms with Crippen molar-refractivity contribution in [3.8, 4) is 0 Å². The zero-order valence-corrected chi connectivity index (χ0v) is 9.68. The molecule has 0 radical (unpaired) electrons. The van der Waals surface area contributed by atoms with Crippen LogP contribution in [0, 0.1) is 5.92 Å². The van der Waals surface area contributed by atoms with Gasteiger partial charge in [-0.2, -0.15) is 0 Å². The molecule has 1 nitrogen and oxygen atoms in total. The van der Waals surface area contributed by atoms with E-state index in [1.54, 1.807) is 0 Å². The highest BCUT2D eigenvalue weighted by atomic mass is 16.5. The van der Waals surface area contributed by atoms with Crippen molar-refractivity contribution in [1.29, 1.82) is 0 Å². The van der Waals surface area contributed by atoms with Gasteiger partial charge in [-0.25, -0.2) is 0 Å². The highest BCUT2D eigenvalue weighted by Crippen LogP contribution is 2.09. The van der Waals surface area contributed by atoms with E-state index in [0.29, 0.717) is 12.0 Å². The SMILES string of the molecule is CC.CCCOC(CC)C(C)C. The number of ether oxygens (including phenoxy) is 1. The Morgan fingerprint density at radius 2 is 1.58 bits per heavy atom. The van der Waals surface area contributed by atoms with Crippen LogP contribution in [0.15, 0.2) is 0 Å². The van der Waals surface area contributed by atoms with Gasteiger partial charge in [-0.15, -0.1) is 0 Å². The fourth-order valence-corrected chi connectivity index (χ4v) is 1.05. The molecule has 0 saturated heterocycles. The Bertz CT molecular complexity index is 69.4. The predicted molar refractivity (Wildman–Crippen MR) is 56.5 cm³/mol. The lowest BCUT2D eigenvalue weighted by Crippen LogP contribution is -2.18. The molecule has 1 heteroatoms. The third kappa shape index (κ3) is 8.06. The Balaban J connectivity index is 0. The molecule has 0 aromatic rings. The van der Waals surface area contributed by atoms with E-state index in [1.165, 1.54) is 0 Å². The van der Waals surface area contributed by atoms with Gasteiger partial charge < -0.3 is 4.74 Å². The summed E-state index contributed by atoms with van der Waals surface area (Å²) in [7, 11) is 0. The molecule has 0 saturated carbocycles. The van der Waals surface area contributed by atoms with E-state index >= 15 is 0 Å². The minimum Gasteiger partial charge on any atom is -0.378 e. The molecule has 1 atom stereocenters. The van der Waals surface area contributed by atoms with Crippen LogP contribution in [0.1, 0.15) is 54.4 Å². The van der Waals surface area contributed by atoms with Crippen molar-refractivity contribution in [1.82, 2.24) is 0 Å². The Hall–Kier alpha value is -0.0400. The quantitative estimate of drug-likeness (QED) is 0.614. The minimum absolute atomic E-state index is 0.472. The van der Waals surface area contributed by atoms with E-state index in [0.717, 1.165) is 19.4 Å². The number of rotatable bonds is 5. The van der Waals surface area contributed by atoms with Crippen LogP contribution in [-0.2, 0) is 4.74 Å². The second-order valence-electron chi connectivity index (χ2n) is 3.06. The third-order valence-electron chi connectivity index (χ3n) is 1.68. The molecular formula is C11H26O. The highest BCUT2D eigenvalue weighted by Gasteiger charge is 2.09. The van der Waals surface area contributed by atoms with Crippen molar-refractivity contribution >= 4 is 0 Å². The van der Waals surface area contributed by atoms with E-state index in [2.05, 4.69) is 27.7 Å². The topological polar surface area (TPSA) is 9.23 Å².